The van der Waals surface area contributed by atoms with E-state index < -0.39 is 11.8 Å². The number of hydrogen-bond donors (Lipinski definition) is 1. The van der Waals surface area contributed by atoms with Crippen LogP contribution in [0.1, 0.15) is 17.3 Å². The summed E-state index contributed by atoms with van der Waals surface area (Å²) in [6.07, 6.45) is 1.75. The number of carboxylic acid groups (broad SMARTS) is 1. The Balaban J connectivity index is 0.000000424. The molecular formula is C10H11FO2. The zero-order valence-electron chi connectivity index (χ0n) is 7.33. The van der Waals surface area contributed by atoms with Crippen LogP contribution in [0, 0.1) is 5.82 Å². The Morgan fingerprint density at radius 2 is 2.00 bits per heavy atom. The average molecular weight is 182 g/mol. The highest BCUT2D eigenvalue weighted by atomic mass is 19.1. The van der Waals surface area contributed by atoms with E-state index in [2.05, 4.69) is 6.58 Å². The number of carbonyl (C=O) groups is 1. The Kier molecular flexibility index (Phi) is 5.19. The van der Waals surface area contributed by atoms with Crippen molar-refractivity contribution in [3.8, 4) is 0 Å². The molecule has 0 amide bonds. The van der Waals surface area contributed by atoms with Crippen molar-refractivity contribution >= 4 is 5.97 Å². The van der Waals surface area contributed by atoms with E-state index in [0.29, 0.717) is 0 Å². The lowest BCUT2D eigenvalue weighted by Gasteiger charge is -1.92. The number of rotatable bonds is 1. The molecule has 0 aliphatic heterocycles. The van der Waals surface area contributed by atoms with Crippen molar-refractivity contribution in [2.75, 3.05) is 0 Å². The van der Waals surface area contributed by atoms with Crippen LogP contribution in [0.4, 0.5) is 4.39 Å². The van der Waals surface area contributed by atoms with Gasteiger partial charge in [-0.1, -0.05) is 18.2 Å². The SMILES string of the molecule is C=CC.O=C(O)c1ccccc1F. The van der Waals surface area contributed by atoms with Gasteiger partial charge in [-0.3, -0.25) is 0 Å². The number of allylic oxidation sites excluding steroid dienone is 1. The van der Waals surface area contributed by atoms with Crippen molar-refractivity contribution in [2.45, 2.75) is 6.92 Å². The lowest BCUT2D eigenvalue weighted by atomic mass is 10.2. The number of carboxylic acids is 1. The molecule has 3 heteroatoms. The van der Waals surface area contributed by atoms with E-state index in [-0.39, 0.29) is 5.56 Å². The molecule has 0 aliphatic rings. The molecule has 0 bridgehead atoms. The summed E-state index contributed by atoms with van der Waals surface area (Å²) >= 11 is 0. The molecule has 0 unspecified atom stereocenters. The van der Waals surface area contributed by atoms with E-state index >= 15 is 0 Å². The van der Waals surface area contributed by atoms with Gasteiger partial charge in [-0.15, -0.1) is 6.58 Å². The minimum atomic E-state index is -1.24. The van der Waals surface area contributed by atoms with Gasteiger partial charge in [0.05, 0.1) is 5.56 Å². The number of hydrogen-bond acceptors (Lipinski definition) is 1. The van der Waals surface area contributed by atoms with Gasteiger partial charge in [0.2, 0.25) is 0 Å². The van der Waals surface area contributed by atoms with Crippen molar-refractivity contribution in [1.29, 1.82) is 0 Å². The summed E-state index contributed by atoms with van der Waals surface area (Å²) in [4.78, 5) is 10.2. The Hall–Kier alpha value is -1.64. The fraction of sp³-hybridized carbons (Fsp3) is 0.100. The lowest BCUT2D eigenvalue weighted by Crippen LogP contribution is -1.98. The lowest BCUT2D eigenvalue weighted by molar-refractivity contribution is 0.0692. The quantitative estimate of drug-likeness (QED) is 0.678. The summed E-state index contributed by atoms with van der Waals surface area (Å²) in [7, 11) is 0. The van der Waals surface area contributed by atoms with Gasteiger partial charge >= 0.3 is 5.97 Å². The molecule has 1 N–H and O–H groups in total. The van der Waals surface area contributed by atoms with Gasteiger partial charge in [-0.25, -0.2) is 9.18 Å². The van der Waals surface area contributed by atoms with E-state index in [1.807, 2.05) is 6.92 Å². The standard InChI is InChI=1S/C7H5FO2.C3H6/c8-6-4-2-1-3-5(6)7(9)10;1-3-2/h1-4H,(H,9,10);3H,1H2,2H3. The van der Waals surface area contributed by atoms with Crippen molar-refractivity contribution in [1.82, 2.24) is 0 Å². The summed E-state index contributed by atoms with van der Waals surface area (Å²) in [6.45, 7) is 5.25. The fourth-order valence-electron chi connectivity index (χ4n) is 0.635. The molecule has 1 rings (SSSR count). The average Bonchev–Trinajstić information content (AvgIpc) is 2.06. The van der Waals surface area contributed by atoms with Crippen LogP contribution in [0.15, 0.2) is 36.9 Å². The Morgan fingerprint density at radius 3 is 2.31 bits per heavy atom. The third kappa shape index (κ3) is 4.06. The van der Waals surface area contributed by atoms with Crippen molar-refractivity contribution < 1.29 is 14.3 Å². The van der Waals surface area contributed by atoms with E-state index in [1.165, 1.54) is 18.2 Å². The molecule has 2 nitrogen and oxygen atoms in total. The summed E-state index contributed by atoms with van der Waals surface area (Å²) in [5.74, 6) is -1.94. The first-order valence-corrected chi connectivity index (χ1v) is 3.68. The minimum Gasteiger partial charge on any atom is -0.478 e. The largest absolute Gasteiger partial charge is 0.478 e. The summed E-state index contributed by atoms with van der Waals surface area (Å²) < 4.78 is 12.5. The second kappa shape index (κ2) is 5.94. The van der Waals surface area contributed by atoms with Crippen LogP contribution in [0.3, 0.4) is 0 Å². The number of benzene rings is 1. The van der Waals surface area contributed by atoms with Crippen molar-refractivity contribution in [3.63, 3.8) is 0 Å². The zero-order valence-corrected chi connectivity index (χ0v) is 7.33. The summed E-state index contributed by atoms with van der Waals surface area (Å²) in [5.41, 5.74) is -0.289. The Bertz CT molecular complexity index is 295. The minimum absolute atomic E-state index is 0.289. The summed E-state index contributed by atoms with van der Waals surface area (Å²) in [5, 5.41) is 8.33. The first-order chi connectivity index (χ1) is 6.13. The molecule has 1 aromatic rings. The van der Waals surface area contributed by atoms with Crippen LogP contribution in [0.25, 0.3) is 0 Å². The smallest absolute Gasteiger partial charge is 0.338 e. The van der Waals surface area contributed by atoms with Gasteiger partial charge in [0.1, 0.15) is 5.82 Å². The molecule has 0 aromatic heterocycles. The number of aromatic carboxylic acids is 1. The Morgan fingerprint density at radius 1 is 1.54 bits per heavy atom. The topological polar surface area (TPSA) is 37.3 Å². The Labute approximate surface area is 76.3 Å². The predicted molar refractivity (Wildman–Crippen MR) is 49.2 cm³/mol. The molecule has 13 heavy (non-hydrogen) atoms. The second-order valence-electron chi connectivity index (χ2n) is 2.19. The van der Waals surface area contributed by atoms with E-state index in [0.717, 1.165) is 6.07 Å². The molecule has 0 fully saturated rings. The van der Waals surface area contributed by atoms with Crippen LogP contribution in [0.5, 0.6) is 0 Å². The first kappa shape index (κ1) is 11.4. The number of halogens is 1. The highest BCUT2D eigenvalue weighted by molar-refractivity contribution is 5.87. The van der Waals surface area contributed by atoms with Crippen LogP contribution >= 0.6 is 0 Å². The second-order valence-corrected chi connectivity index (χ2v) is 2.19. The van der Waals surface area contributed by atoms with Gasteiger partial charge in [-0.05, 0) is 19.1 Å². The molecular weight excluding hydrogens is 171 g/mol. The fourth-order valence-corrected chi connectivity index (χ4v) is 0.635. The molecule has 0 atom stereocenters. The molecule has 0 aliphatic carbocycles. The van der Waals surface area contributed by atoms with E-state index in [9.17, 15) is 9.18 Å². The molecule has 0 heterocycles. The first-order valence-electron chi connectivity index (χ1n) is 3.68. The maximum Gasteiger partial charge on any atom is 0.338 e. The van der Waals surface area contributed by atoms with Crippen molar-refractivity contribution in [2.24, 2.45) is 0 Å². The van der Waals surface area contributed by atoms with Gasteiger partial charge < -0.3 is 5.11 Å². The van der Waals surface area contributed by atoms with E-state index in [4.69, 9.17) is 5.11 Å². The van der Waals surface area contributed by atoms with Crippen molar-refractivity contribution in [3.05, 3.63) is 48.3 Å². The van der Waals surface area contributed by atoms with Gasteiger partial charge in [0.15, 0.2) is 0 Å². The third-order valence-corrected chi connectivity index (χ3v) is 1.10. The predicted octanol–water partition coefficient (Wildman–Crippen LogP) is 2.72. The monoisotopic (exact) mass is 182 g/mol. The molecule has 0 saturated heterocycles. The third-order valence-electron chi connectivity index (χ3n) is 1.10. The normalized spacial score (nSPS) is 8.15. The summed E-state index contributed by atoms with van der Waals surface area (Å²) in [6, 6.07) is 5.26. The molecule has 1 aromatic carbocycles. The maximum absolute atomic E-state index is 12.5. The molecule has 70 valence electrons. The molecule has 0 spiro atoms. The van der Waals surface area contributed by atoms with E-state index in [1.54, 1.807) is 6.08 Å². The molecule has 0 radical (unpaired) electrons. The molecule has 0 saturated carbocycles. The van der Waals surface area contributed by atoms with Gasteiger partial charge in [0.25, 0.3) is 0 Å². The van der Waals surface area contributed by atoms with Crippen LogP contribution in [0.2, 0.25) is 0 Å². The van der Waals surface area contributed by atoms with Gasteiger partial charge in [-0.2, -0.15) is 0 Å². The van der Waals surface area contributed by atoms with Crippen LogP contribution in [-0.2, 0) is 0 Å². The van der Waals surface area contributed by atoms with Crippen LogP contribution in [-0.4, -0.2) is 11.1 Å². The highest BCUT2D eigenvalue weighted by Gasteiger charge is 2.06. The van der Waals surface area contributed by atoms with Crippen LogP contribution < -0.4 is 0 Å². The maximum atomic E-state index is 12.5. The highest BCUT2D eigenvalue weighted by Crippen LogP contribution is 2.04. The zero-order chi connectivity index (χ0) is 10.3. The van der Waals surface area contributed by atoms with Gasteiger partial charge in [0, 0.05) is 0 Å².